The summed E-state index contributed by atoms with van der Waals surface area (Å²) in [4.78, 5) is 7.80. The van der Waals surface area contributed by atoms with Crippen molar-refractivity contribution in [3.63, 3.8) is 0 Å². The van der Waals surface area contributed by atoms with Crippen LogP contribution in [-0.2, 0) is 5.41 Å². The first-order valence-corrected chi connectivity index (χ1v) is 9.75. The average molecular weight is 453 g/mol. The molecule has 5 nitrogen and oxygen atoms in total. The van der Waals surface area contributed by atoms with Crippen molar-refractivity contribution in [3.05, 3.63) is 59.0 Å². The number of phenols is 1. The van der Waals surface area contributed by atoms with Gasteiger partial charge in [-0.05, 0) is 30.4 Å². The van der Waals surface area contributed by atoms with Gasteiger partial charge in [0.25, 0.3) is 0 Å². The van der Waals surface area contributed by atoms with E-state index < -0.39 is 46.8 Å². The van der Waals surface area contributed by atoms with Crippen molar-refractivity contribution in [2.75, 3.05) is 5.32 Å². The van der Waals surface area contributed by atoms with E-state index in [0.717, 1.165) is 0 Å². The number of rotatable bonds is 2. The summed E-state index contributed by atoms with van der Waals surface area (Å²) < 4.78 is 71.3. The molecule has 3 aromatic rings. The van der Waals surface area contributed by atoms with Crippen molar-refractivity contribution in [1.29, 1.82) is 0 Å². The van der Waals surface area contributed by atoms with E-state index in [9.17, 15) is 32.2 Å². The Morgan fingerprint density at radius 1 is 1.19 bits per heavy atom. The second-order valence-electron chi connectivity index (χ2n) is 8.70. The molecule has 0 unspecified atom stereocenters. The Hall–Kier alpha value is -3.01. The first kappa shape index (κ1) is 22.2. The lowest BCUT2D eigenvalue weighted by atomic mass is 9.63. The molecule has 32 heavy (non-hydrogen) atoms. The monoisotopic (exact) mass is 453 g/mol. The normalized spacial score (nSPS) is 22.6. The lowest BCUT2D eigenvalue weighted by molar-refractivity contribution is -0.275. The van der Waals surface area contributed by atoms with Crippen LogP contribution in [0.2, 0.25) is 0 Å². The lowest BCUT2D eigenvalue weighted by Crippen LogP contribution is -2.58. The van der Waals surface area contributed by atoms with Crippen LogP contribution in [0.5, 0.6) is 5.75 Å². The quantitative estimate of drug-likeness (QED) is 0.474. The molecule has 0 fully saturated rings. The average Bonchev–Trinajstić information content (AvgIpc) is 2.67. The first-order chi connectivity index (χ1) is 14.8. The van der Waals surface area contributed by atoms with E-state index in [1.165, 1.54) is 45.2 Å². The molecule has 0 saturated carbocycles. The third kappa shape index (κ3) is 3.24. The summed E-state index contributed by atoms with van der Waals surface area (Å²) in [6.45, 7) is 4.44. The summed E-state index contributed by atoms with van der Waals surface area (Å²) in [5.41, 5.74) is -4.92. The molecule has 0 radical (unpaired) electrons. The van der Waals surface area contributed by atoms with Crippen LogP contribution in [0.1, 0.15) is 43.3 Å². The number of hydrogen-bond acceptors (Lipinski definition) is 5. The number of nitrogens with zero attached hydrogens (tertiary/aromatic N) is 2. The van der Waals surface area contributed by atoms with Gasteiger partial charge in [0.2, 0.25) is 0 Å². The number of hydrogen-bond donors (Lipinski definition) is 3. The van der Waals surface area contributed by atoms with Crippen LogP contribution in [-0.4, -0.2) is 32.0 Å². The van der Waals surface area contributed by atoms with Gasteiger partial charge >= 0.3 is 6.18 Å². The number of nitrogens with one attached hydrogen (secondary N) is 1. The molecule has 0 spiro atoms. The number of anilines is 1. The Kier molecular flexibility index (Phi) is 4.85. The molecule has 170 valence electrons. The zero-order valence-corrected chi connectivity index (χ0v) is 17.3. The van der Waals surface area contributed by atoms with Gasteiger partial charge in [-0.1, -0.05) is 26.0 Å². The third-order valence-corrected chi connectivity index (χ3v) is 5.93. The number of benzene rings is 2. The number of aromatic nitrogens is 2. The van der Waals surface area contributed by atoms with Gasteiger partial charge in [0, 0.05) is 28.9 Å². The molecular formula is C22H20F5N3O2. The highest BCUT2D eigenvalue weighted by Gasteiger charge is 2.64. The van der Waals surface area contributed by atoms with Crippen LogP contribution in [0.3, 0.4) is 0 Å². The van der Waals surface area contributed by atoms with Crippen molar-refractivity contribution in [2.24, 2.45) is 0 Å². The molecule has 4 rings (SSSR count). The molecule has 0 amide bonds. The minimum Gasteiger partial charge on any atom is -0.508 e. The highest BCUT2D eigenvalue weighted by molar-refractivity contribution is 5.91. The number of aromatic hydroxyl groups is 1. The zero-order chi connectivity index (χ0) is 23.6. The minimum atomic E-state index is -5.08. The minimum absolute atomic E-state index is 0.00742. The van der Waals surface area contributed by atoms with Crippen LogP contribution in [0.4, 0.5) is 27.6 Å². The number of fused-ring (bicyclic) bond motifs is 2. The van der Waals surface area contributed by atoms with Crippen molar-refractivity contribution in [1.82, 2.24) is 9.97 Å². The largest absolute Gasteiger partial charge is 0.508 e. The second kappa shape index (κ2) is 6.99. The van der Waals surface area contributed by atoms with Crippen LogP contribution in [0, 0.1) is 18.6 Å². The summed E-state index contributed by atoms with van der Waals surface area (Å²) in [6.07, 6.45) is -4.68. The summed E-state index contributed by atoms with van der Waals surface area (Å²) in [6, 6.07) is 2.94. The maximum Gasteiger partial charge on any atom is 0.419 e. The number of aliphatic hydroxyl groups is 1. The third-order valence-electron chi connectivity index (χ3n) is 5.93. The summed E-state index contributed by atoms with van der Waals surface area (Å²) >= 11 is 0. The molecule has 3 N–H and O–H groups in total. The summed E-state index contributed by atoms with van der Waals surface area (Å²) in [5.74, 6) is -2.65. The molecule has 2 aromatic carbocycles. The Bertz CT molecular complexity index is 1230. The molecule has 1 heterocycles. The van der Waals surface area contributed by atoms with E-state index in [2.05, 4.69) is 15.3 Å². The highest BCUT2D eigenvalue weighted by Crippen LogP contribution is 2.56. The maximum atomic E-state index is 14.3. The highest BCUT2D eigenvalue weighted by atomic mass is 19.4. The van der Waals surface area contributed by atoms with Gasteiger partial charge in [-0.15, -0.1) is 0 Å². The Balaban J connectivity index is 1.98. The molecule has 0 saturated heterocycles. The van der Waals surface area contributed by atoms with Gasteiger partial charge in [-0.3, -0.25) is 0 Å². The number of alkyl halides is 3. The predicted octanol–water partition coefficient (Wildman–Crippen LogP) is 5.05. The SMILES string of the molecule is Cc1ncc2c(N[C@@H]3c4cccc(O)c4C(C)(C)C[C@]3(O)C(F)(F)F)cc(F)c(F)c2n1. The Labute approximate surface area is 179 Å². The van der Waals surface area contributed by atoms with Gasteiger partial charge in [-0.2, -0.15) is 13.2 Å². The van der Waals surface area contributed by atoms with E-state index >= 15 is 0 Å². The van der Waals surface area contributed by atoms with Crippen molar-refractivity contribution in [3.8, 4) is 5.75 Å². The molecule has 10 heteroatoms. The lowest BCUT2D eigenvalue weighted by Gasteiger charge is -2.49. The van der Waals surface area contributed by atoms with E-state index in [1.807, 2.05) is 0 Å². The molecule has 1 aliphatic rings. The first-order valence-electron chi connectivity index (χ1n) is 9.75. The van der Waals surface area contributed by atoms with E-state index in [0.29, 0.717) is 6.07 Å². The second-order valence-corrected chi connectivity index (χ2v) is 8.70. The molecule has 1 aliphatic carbocycles. The van der Waals surface area contributed by atoms with Gasteiger partial charge in [0.15, 0.2) is 17.2 Å². The Morgan fingerprint density at radius 2 is 1.88 bits per heavy atom. The van der Waals surface area contributed by atoms with Gasteiger partial charge in [0.1, 0.15) is 17.1 Å². The zero-order valence-electron chi connectivity index (χ0n) is 17.3. The molecule has 0 bridgehead atoms. The maximum absolute atomic E-state index is 14.3. The van der Waals surface area contributed by atoms with Gasteiger partial charge < -0.3 is 15.5 Å². The molecule has 0 aliphatic heterocycles. The number of aryl methyl sites for hydroxylation is 1. The van der Waals surface area contributed by atoms with Crippen LogP contribution in [0.15, 0.2) is 30.5 Å². The van der Waals surface area contributed by atoms with Crippen LogP contribution < -0.4 is 5.32 Å². The summed E-state index contributed by atoms with van der Waals surface area (Å²) in [5, 5.41) is 23.9. The predicted molar refractivity (Wildman–Crippen MR) is 107 cm³/mol. The number of halogens is 5. The van der Waals surface area contributed by atoms with Gasteiger partial charge in [-0.25, -0.2) is 18.7 Å². The standard InChI is InChI=1S/C22H20F5N3O2/c1-10-28-8-12-14(7-13(23)17(24)18(12)29-10)30-19-11-5-4-6-15(31)16(11)20(2,3)9-21(19,32)22(25,26)27/h4-8,19,30-32H,9H2,1-3H3/t19-,21-/m1/s1. The summed E-state index contributed by atoms with van der Waals surface area (Å²) in [7, 11) is 0. The molecule has 1 aromatic heterocycles. The Morgan fingerprint density at radius 3 is 2.53 bits per heavy atom. The van der Waals surface area contributed by atoms with E-state index in [1.54, 1.807) is 0 Å². The van der Waals surface area contributed by atoms with Crippen LogP contribution in [0.25, 0.3) is 10.9 Å². The van der Waals surface area contributed by atoms with Crippen molar-refractivity contribution < 1.29 is 32.2 Å². The van der Waals surface area contributed by atoms with E-state index in [-0.39, 0.29) is 33.8 Å². The molecule has 2 atom stereocenters. The van der Waals surface area contributed by atoms with Crippen molar-refractivity contribution in [2.45, 2.75) is 50.4 Å². The fraction of sp³-hybridized carbons (Fsp3) is 0.364. The fourth-order valence-electron chi connectivity index (χ4n) is 4.61. The molecular weight excluding hydrogens is 433 g/mol. The smallest absolute Gasteiger partial charge is 0.419 e. The van der Waals surface area contributed by atoms with Crippen LogP contribution >= 0.6 is 0 Å². The fourth-order valence-corrected chi connectivity index (χ4v) is 4.61. The van der Waals surface area contributed by atoms with Crippen molar-refractivity contribution >= 4 is 16.6 Å². The van der Waals surface area contributed by atoms with E-state index in [4.69, 9.17) is 0 Å². The topological polar surface area (TPSA) is 78.3 Å². The van der Waals surface area contributed by atoms with Gasteiger partial charge in [0.05, 0.1) is 6.04 Å². The number of phenolic OH excluding ortho intramolecular Hbond substituents is 1.